The highest BCUT2D eigenvalue weighted by molar-refractivity contribution is 8.01. The van der Waals surface area contributed by atoms with Crippen molar-refractivity contribution in [2.45, 2.75) is 23.2 Å². The molecule has 1 amide bonds. The van der Waals surface area contributed by atoms with Crippen LogP contribution in [0.4, 0.5) is 5.69 Å². The zero-order valence-electron chi connectivity index (χ0n) is 14.3. The number of nitrogens with one attached hydrogen (secondary N) is 1. The van der Waals surface area contributed by atoms with Crippen LogP contribution >= 0.6 is 23.1 Å². The van der Waals surface area contributed by atoms with Crippen molar-refractivity contribution in [3.8, 4) is 10.6 Å². The first-order valence-electron chi connectivity index (χ1n) is 8.41. The molecular formula is C20H16N2O3S2. The highest BCUT2D eigenvalue weighted by Gasteiger charge is 2.29. The van der Waals surface area contributed by atoms with Gasteiger partial charge < -0.3 is 10.1 Å². The van der Waals surface area contributed by atoms with Crippen LogP contribution in [0.5, 0.6) is 0 Å². The Kier molecular flexibility index (Phi) is 5.22. The Bertz CT molecular complexity index is 972. The number of carbonyl (C=O) groups excluding carboxylic acids is 2. The van der Waals surface area contributed by atoms with E-state index in [2.05, 4.69) is 10.3 Å². The Morgan fingerprint density at radius 3 is 2.74 bits per heavy atom. The molecule has 0 radical (unpaired) electrons. The van der Waals surface area contributed by atoms with Crippen LogP contribution in [0.2, 0.25) is 0 Å². The monoisotopic (exact) mass is 396 g/mol. The second-order valence-corrected chi connectivity index (χ2v) is 8.07. The number of ether oxygens (including phenoxy) is 1. The summed E-state index contributed by atoms with van der Waals surface area (Å²) in [7, 11) is 0. The lowest BCUT2D eigenvalue weighted by Crippen LogP contribution is -2.31. The number of thioether (sulfide) groups is 1. The summed E-state index contributed by atoms with van der Waals surface area (Å²) in [5.41, 5.74) is 2.53. The van der Waals surface area contributed by atoms with Crippen LogP contribution in [0.3, 0.4) is 0 Å². The molecule has 1 atom stereocenters. The summed E-state index contributed by atoms with van der Waals surface area (Å²) in [5, 5.41) is 5.12. The first kappa shape index (κ1) is 17.8. The van der Waals surface area contributed by atoms with E-state index in [9.17, 15) is 9.59 Å². The lowest BCUT2D eigenvalue weighted by atomic mass is 10.2. The van der Waals surface area contributed by atoms with E-state index < -0.39 is 11.2 Å². The number of aromatic nitrogens is 1. The molecule has 1 aliphatic heterocycles. The second-order valence-electron chi connectivity index (χ2n) is 5.97. The third kappa shape index (κ3) is 4.20. The molecule has 5 nitrogen and oxygen atoms in total. The van der Waals surface area contributed by atoms with Crippen molar-refractivity contribution < 1.29 is 14.3 Å². The molecule has 0 fully saturated rings. The lowest BCUT2D eigenvalue weighted by Gasteiger charge is -2.23. The van der Waals surface area contributed by atoms with Crippen LogP contribution in [-0.2, 0) is 20.9 Å². The molecule has 1 aliphatic rings. The minimum Gasteiger partial charge on any atom is -0.459 e. The number of hydrogen-bond donors (Lipinski definition) is 1. The first-order valence-corrected chi connectivity index (χ1v) is 10.2. The number of anilines is 1. The third-order valence-electron chi connectivity index (χ3n) is 4.01. The lowest BCUT2D eigenvalue weighted by molar-refractivity contribution is -0.145. The number of para-hydroxylation sites is 1. The van der Waals surface area contributed by atoms with Crippen molar-refractivity contribution in [2.24, 2.45) is 0 Å². The molecule has 1 N–H and O–H groups in total. The van der Waals surface area contributed by atoms with Gasteiger partial charge in [-0.3, -0.25) is 9.59 Å². The zero-order valence-corrected chi connectivity index (χ0v) is 15.9. The molecule has 0 unspecified atom stereocenters. The standard InChI is InChI=1S/C20H16N2O3S2/c23-18(10-17-19(24)22-15-8-4-5-9-16(15)27-17)25-11-14-12-26-20(21-14)13-6-2-1-3-7-13/h1-9,12,17H,10-11H2,(H,22,24)/t17-/m1/s1. The van der Waals surface area contributed by atoms with Gasteiger partial charge in [-0.05, 0) is 12.1 Å². The van der Waals surface area contributed by atoms with Gasteiger partial charge in [-0.15, -0.1) is 23.1 Å². The molecular weight excluding hydrogens is 380 g/mol. The maximum Gasteiger partial charge on any atom is 0.307 e. The van der Waals surface area contributed by atoms with E-state index in [0.717, 1.165) is 21.2 Å². The Morgan fingerprint density at radius 2 is 1.89 bits per heavy atom. The molecule has 0 spiro atoms. The fraction of sp³-hybridized carbons (Fsp3) is 0.150. The topological polar surface area (TPSA) is 68.3 Å². The van der Waals surface area contributed by atoms with E-state index in [1.54, 1.807) is 0 Å². The summed E-state index contributed by atoms with van der Waals surface area (Å²) < 4.78 is 5.33. The molecule has 3 aromatic rings. The van der Waals surface area contributed by atoms with Crippen molar-refractivity contribution in [2.75, 3.05) is 5.32 Å². The average molecular weight is 396 g/mol. The molecule has 2 aromatic carbocycles. The van der Waals surface area contributed by atoms with E-state index in [4.69, 9.17) is 4.74 Å². The summed E-state index contributed by atoms with van der Waals surface area (Å²) in [6.45, 7) is 0.109. The molecule has 7 heteroatoms. The number of fused-ring (bicyclic) bond motifs is 1. The molecule has 2 heterocycles. The fourth-order valence-corrected chi connectivity index (χ4v) is 4.58. The molecule has 27 heavy (non-hydrogen) atoms. The summed E-state index contributed by atoms with van der Waals surface area (Å²) in [4.78, 5) is 29.8. The molecule has 0 aliphatic carbocycles. The summed E-state index contributed by atoms with van der Waals surface area (Å²) in [6.07, 6.45) is 0.0283. The van der Waals surface area contributed by atoms with E-state index in [1.807, 2.05) is 60.0 Å². The van der Waals surface area contributed by atoms with Gasteiger partial charge in [0.15, 0.2) is 0 Å². The van der Waals surface area contributed by atoms with Gasteiger partial charge in [-0.1, -0.05) is 42.5 Å². The van der Waals surface area contributed by atoms with Gasteiger partial charge in [0.25, 0.3) is 0 Å². The van der Waals surface area contributed by atoms with Gasteiger partial charge in [0.05, 0.1) is 23.1 Å². The quantitative estimate of drug-likeness (QED) is 0.649. The number of amides is 1. The number of hydrogen-bond acceptors (Lipinski definition) is 6. The predicted molar refractivity (Wildman–Crippen MR) is 107 cm³/mol. The zero-order chi connectivity index (χ0) is 18.6. The fourth-order valence-electron chi connectivity index (χ4n) is 2.68. The smallest absolute Gasteiger partial charge is 0.307 e. The maximum atomic E-state index is 12.2. The third-order valence-corrected chi connectivity index (χ3v) is 6.23. The van der Waals surface area contributed by atoms with Crippen LogP contribution in [-0.4, -0.2) is 22.1 Å². The van der Waals surface area contributed by atoms with Crippen molar-refractivity contribution >= 4 is 40.7 Å². The van der Waals surface area contributed by atoms with Gasteiger partial charge in [-0.2, -0.15) is 0 Å². The largest absolute Gasteiger partial charge is 0.459 e. The highest BCUT2D eigenvalue weighted by Crippen LogP contribution is 2.36. The van der Waals surface area contributed by atoms with Crippen LogP contribution in [0.15, 0.2) is 64.9 Å². The van der Waals surface area contributed by atoms with Gasteiger partial charge in [0, 0.05) is 15.8 Å². The SMILES string of the molecule is O=C(C[C@H]1Sc2ccccc2NC1=O)OCc1csc(-c2ccccc2)n1. The first-order chi connectivity index (χ1) is 13.2. The molecule has 0 saturated heterocycles. The molecule has 136 valence electrons. The predicted octanol–water partition coefficient (Wildman–Crippen LogP) is 4.36. The van der Waals surface area contributed by atoms with E-state index >= 15 is 0 Å². The minimum absolute atomic E-state index is 0.0283. The Balaban J connectivity index is 1.33. The number of esters is 1. The number of thiazole rings is 1. The van der Waals surface area contributed by atoms with Crippen LogP contribution < -0.4 is 5.32 Å². The van der Waals surface area contributed by atoms with Gasteiger partial charge in [0.1, 0.15) is 11.6 Å². The van der Waals surface area contributed by atoms with Gasteiger partial charge in [0.2, 0.25) is 5.91 Å². The van der Waals surface area contributed by atoms with E-state index in [0.29, 0.717) is 5.69 Å². The van der Waals surface area contributed by atoms with E-state index in [-0.39, 0.29) is 18.9 Å². The van der Waals surface area contributed by atoms with Crippen molar-refractivity contribution in [1.29, 1.82) is 0 Å². The minimum atomic E-state index is -0.484. The van der Waals surface area contributed by atoms with Crippen LogP contribution in [0.1, 0.15) is 12.1 Å². The Morgan fingerprint density at radius 1 is 1.11 bits per heavy atom. The number of nitrogens with zero attached hydrogens (tertiary/aromatic N) is 1. The van der Waals surface area contributed by atoms with Crippen molar-refractivity contribution in [1.82, 2.24) is 4.98 Å². The molecule has 0 saturated carbocycles. The van der Waals surface area contributed by atoms with Gasteiger partial charge >= 0.3 is 5.97 Å². The molecule has 0 bridgehead atoms. The summed E-state index contributed by atoms with van der Waals surface area (Å²) >= 11 is 2.90. The number of rotatable bonds is 5. The molecule has 1 aromatic heterocycles. The second kappa shape index (κ2) is 7.94. The van der Waals surface area contributed by atoms with Crippen molar-refractivity contribution in [3.63, 3.8) is 0 Å². The number of benzene rings is 2. The highest BCUT2D eigenvalue weighted by atomic mass is 32.2. The van der Waals surface area contributed by atoms with Gasteiger partial charge in [-0.25, -0.2) is 4.98 Å². The Labute approximate surface area is 164 Å². The van der Waals surface area contributed by atoms with Crippen LogP contribution in [0, 0.1) is 0 Å². The van der Waals surface area contributed by atoms with Crippen molar-refractivity contribution in [3.05, 3.63) is 65.7 Å². The average Bonchev–Trinajstić information content (AvgIpc) is 3.17. The summed E-state index contributed by atoms with van der Waals surface area (Å²) in [5.74, 6) is -0.577. The normalized spacial score (nSPS) is 15.7. The molecule has 4 rings (SSSR count). The number of carbonyl (C=O) groups is 2. The van der Waals surface area contributed by atoms with E-state index in [1.165, 1.54) is 23.1 Å². The maximum absolute atomic E-state index is 12.2. The summed E-state index contributed by atoms with van der Waals surface area (Å²) in [6, 6.07) is 17.4. The van der Waals surface area contributed by atoms with Crippen LogP contribution in [0.25, 0.3) is 10.6 Å². The Hall–Kier alpha value is -2.64.